The Labute approximate surface area is 151 Å². The van der Waals surface area contributed by atoms with Crippen molar-refractivity contribution < 1.29 is 23.8 Å². The Hall–Kier alpha value is -3.22. The van der Waals surface area contributed by atoms with Crippen LogP contribution in [0.25, 0.3) is 0 Å². The lowest BCUT2D eigenvalue weighted by atomic mass is 10.1. The summed E-state index contributed by atoms with van der Waals surface area (Å²) in [6, 6.07) is 10.2. The fourth-order valence-electron chi connectivity index (χ4n) is 2.51. The summed E-state index contributed by atoms with van der Waals surface area (Å²) in [6.07, 6.45) is 0.806. The number of anilines is 2. The predicted molar refractivity (Wildman–Crippen MR) is 96.8 cm³/mol. The molecule has 2 aromatic rings. The van der Waals surface area contributed by atoms with Gasteiger partial charge in [0.05, 0.1) is 18.0 Å². The normalized spacial score (nSPS) is 11.9. The van der Waals surface area contributed by atoms with Crippen LogP contribution in [-0.2, 0) is 4.79 Å². The number of ketones is 1. The molecule has 3 rings (SSSR count). The number of nitrogens with two attached hydrogens (primary N) is 1. The van der Waals surface area contributed by atoms with Crippen molar-refractivity contribution in [3.63, 3.8) is 0 Å². The molecule has 1 aliphatic rings. The summed E-state index contributed by atoms with van der Waals surface area (Å²) in [7, 11) is 0. The van der Waals surface area contributed by atoms with Gasteiger partial charge in [0.25, 0.3) is 0 Å². The number of hydrogen-bond donors (Lipinski definition) is 2. The summed E-state index contributed by atoms with van der Waals surface area (Å²) in [4.78, 5) is 23.4. The number of hydrogen-bond acceptors (Lipinski definition) is 6. The van der Waals surface area contributed by atoms with Crippen molar-refractivity contribution in [2.45, 2.75) is 19.8 Å². The number of nitrogens with one attached hydrogen (secondary N) is 1. The van der Waals surface area contributed by atoms with E-state index in [1.165, 1.54) is 6.92 Å². The van der Waals surface area contributed by atoms with Crippen LogP contribution in [0.3, 0.4) is 0 Å². The number of amides is 1. The summed E-state index contributed by atoms with van der Waals surface area (Å²) >= 11 is 0. The van der Waals surface area contributed by atoms with E-state index in [4.69, 9.17) is 19.9 Å². The molecular formula is C19H20N2O5. The van der Waals surface area contributed by atoms with Crippen molar-refractivity contribution in [1.29, 1.82) is 0 Å². The van der Waals surface area contributed by atoms with Gasteiger partial charge in [-0.3, -0.25) is 9.59 Å². The first kappa shape index (κ1) is 17.6. The van der Waals surface area contributed by atoms with Crippen molar-refractivity contribution >= 4 is 23.1 Å². The highest BCUT2D eigenvalue weighted by molar-refractivity contribution is 5.95. The monoisotopic (exact) mass is 356 g/mol. The van der Waals surface area contributed by atoms with Crippen LogP contribution in [0.5, 0.6) is 17.2 Å². The molecule has 3 N–H and O–H groups in total. The molecule has 136 valence electrons. The second kappa shape index (κ2) is 7.77. The lowest BCUT2D eigenvalue weighted by molar-refractivity contribution is -0.116. The van der Waals surface area contributed by atoms with Crippen LogP contribution in [-0.4, -0.2) is 25.1 Å². The molecule has 7 nitrogen and oxygen atoms in total. The van der Waals surface area contributed by atoms with Crippen LogP contribution in [0, 0.1) is 0 Å². The average molecular weight is 356 g/mol. The standard InChI is InChI=1S/C19H20N2O5/c1-12(22)13-4-2-5-14(8-13)24-7-3-6-19(23)21-16-10-18-17(9-15(16)20)25-11-26-18/h2,4-5,8-10H,3,6-7,11,20H2,1H3,(H,21,23). The number of ether oxygens (including phenoxy) is 3. The number of nitrogen functional groups attached to an aromatic ring is 1. The number of carbonyl (C=O) groups is 2. The molecule has 0 aliphatic carbocycles. The molecule has 1 amide bonds. The molecule has 0 saturated heterocycles. The minimum absolute atomic E-state index is 0.0175. The highest BCUT2D eigenvalue weighted by atomic mass is 16.7. The second-order valence-electron chi connectivity index (χ2n) is 5.88. The molecule has 0 atom stereocenters. The van der Waals surface area contributed by atoms with Crippen LogP contribution < -0.4 is 25.3 Å². The molecule has 26 heavy (non-hydrogen) atoms. The Morgan fingerprint density at radius 1 is 1.19 bits per heavy atom. The molecule has 1 aliphatic heterocycles. The molecule has 0 spiro atoms. The van der Waals surface area contributed by atoms with E-state index >= 15 is 0 Å². The Kier molecular flexibility index (Phi) is 5.26. The van der Waals surface area contributed by atoms with E-state index in [-0.39, 0.29) is 24.9 Å². The Morgan fingerprint density at radius 3 is 2.73 bits per heavy atom. The van der Waals surface area contributed by atoms with Crippen LogP contribution in [0.1, 0.15) is 30.1 Å². The molecule has 0 saturated carbocycles. The van der Waals surface area contributed by atoms with Gasteiger partial charge in [-0.05, 0) is 25.5 Å². The van der Waals surface area contributed by atoms with Crippen molar-refractivity contribution in [3.05, 3.63) is 42.0 Å². The van der Waals surface area contributed by atoms with Gasteiger partial charge >= 0.3 is 0 Å². The average Bonchev–Trinajstić information content (AvgIpc) is 3.06. The molecule has 0 radical (unpaired) electrons. The maximum absolute atomic E-state index is 12.1. The smallest absolute Gasteiger partial charge is 0.231 e. The van der Waals surface area contributed by atoms with E-state index in [2.05, 4.69) is 5.32 Å². The van der Waals surface area contributed by atoms with Crippen LogP contribution in [0.15, 0.2) is 36.4 Å². The number of fused-ring (bicyclic) bond motifs is 1. The first-order chi connectivity index (χ1) is 12.5. The number of rotatable bonds is 7. The maximum Gasteiger partial charge on any atom is 0.231 e. The number of carbonyl (C=O) groups excluding carboxylic acids is 2. The molecule has 0 fully saturated rings. The zero-order valence-electron chi connectivity index (χ0n) is 14.4. The van der Waals surface area contributed by atoms with Gasteiger partial charge in [0.1, 0.15) is 5.75 Å². The van der Waals surface area contributed by atoms with Gasteiger partial charge in [-0.25, -0.2) is 0 Å². The van der Waals surface area contributed by atoms with E-state index in [1.807, 2.05) is 0 Å². The van der Waals surface area contributed by atoms with Gasteiger partial charge in [0, 0.05) is 24.1 Å². The van der Waals surface area contributed by atoms with Gasteiger partial charge in [0.15, 0.2) is 17.3 Å². The summed E-state index contributed by atoms with van der Waals surface area (Å²) < 4.78 is 16.1. The zero-order chi connectivity index (χ0) is 18.5. The van der Waals surface area contributed by atoms with Crippen molar-refractivity contribution in [2.24, 2.45) is 0 Å². The highest BCUT2D eigenvalue weighted by Crippen LogP contribution is 2.38. The fraction of sp³-hybridized carbons (Fsp3) is 0.263. The van der Waals surface area contributed by atoms with E-state index in [0.717, 1.165) is 0 Å². The first-order valence-electron chi connectivity index (χ1n) is 8.25. The minimum Gasteiger partial charge on any atom is -0.494 e. The van der Waals surface area contributed by atoms with Crippen LogP contribution >= 0.6 is 0 Å². The molecule has 0 bridgehead atoms. The fourth-order valence-corrected chi connectivity index (χ4v) is 2.51. The quantitative estimate of drug-likeness (QED) is 0.449. The Bertz CT molecular complexity index is 835. The molecule has 0 aromatic heterocycles. The van der Waals surface area contributed by atoms with Gasteiger partial charge in [-0.1, -0.05) is 12.1 Å². The van der Waals surface area contributed by atoms with Gasteiger partial charge in [-0.15, -0.1) is 0 Å². The number of Topliss-reactive ketones (excluding diaryl/α,β-unsaturated/α-hetero) is 1. The van der Waals surface area contributed by atoms with Gasteiger partial charge in [-0.2, -0.15) is 0 Å². The summed E-state index contributed by atoms with van der Waals surface area (Å²) in [5, 5.41) is 2.76. The molecule has 0 unspecified atom stereocenters. The van der Waals surface area contributed by atoms with Crippen molar-refractivity contribution in [2.75, 3.05) is 24.5 Å². The highest BCUT2D eigenvalue weighted by Gasteiger charge is 2.17. The third-order valence-electron chi connectivity index (χ3n) is 3.88. The first-order valence-corrected chi connectivity index (χ1v) is 8.25. The maximum atomic E-state index is 12.1. The van der Waals surface area contributed by atoms with Crippen LogP contribution in [0.2, 0.25) is 0 Å². The Morgan fingerprint density at radius 2 is 1.96 bits per heavy atom. The summed E-state index contributed by atoms with van der Waals surface area (Å²) in [6.45, 7) is 2.02. The number of benzene rings is 2. The van der Waals surface area contributed by atoms with E-state index in [9.17, 15) is 9.59 Å². The topological polar surface area (TPSA) is 99.9 Å². The second-order valence-corrected chi connectivity index (χ2v) is 5.88. The molecule has 1 heterocycles. The largest absolute Gasteiger partial charge is 0.494 e. The molecular weight excluding hydrogens is 336 g/mol. The third-order valence-corrected chi connectivity index (χ3v) is 3.88. The van der Waals surface area contributed by atoms with Crippen LogP contribution in [0.4, 0.5) is 11.4 Å². The van der Waals surface area contributed by atoms with E-state index in [1.54, 1.807) is 36.4 Å². The Balaban J connectivity index is 1.46. The summed E-state index contributed by atoms with van der Waals surface area (Å²) in [5.41, 5.74) is 7.42. The van der Waals surface area contributed by atoms with E-state index in [0.29, 0.717) is 47.2 Å². The van der Waals surface area contributed by atoms with Gasteiger partial charge in [0.2, 0.25) is 12.7 Å². The minimum atomic E-state index is -0.170. The van der Waals surface area contributed by atoms with E-state index < -0.39 is 0 Å². The zero-order valence-corrected chi connectivity index (χ0v) is 14.4. The molecule has 7 heteroatoms. The van der Waals surface area contributed by atoms with Gasteiger partial charge < -0.3 is 25.3 Å². The predicted octanol–water partition coefficient (Wildman–Crippen LogP) is 3.00. The lowest BCUT2D eigenvalue weighted by Gasteiger charge is -2.10. The lowest BCUT2D eigenvalue weighted by Crippen LogP contribution is -2.14. The third kappa shape index (κ3) is 4.24. The van der Waals surface area contributed by atoms with Crippen molar-refractivity contribution in [1.82, 2.24) is 0 Å². The molecule has 2 aromatic carbocycles. The SMILES string of the molecule is CC(=O)c1cccc(OCCCC(=O)Nc2cc3c(cc2N)OCO3)c1. The van der Waals surface area contributed by atoms with Crippen molar-refractivity contribution in [3.8, 4) is 17.2 Å². The summed E-state index contributed by atoms with van der Waals surface area (Å²) in [5.74, 6) is 1.55.